The molecule has 80 valence electrons. The number of pyridine rings is 1. The summed E-state index contributed by atoms with van der Waals surface area (Å²) in [6.45, 7) is 1.16. The summed E-state index contributed by atoms with van der Waals surface area (Å²) in [5, 5.41) is 1.71. The number of hydroxylamine groups is 2. The van der Waals surface area contributed by atoms with Crippen molar-refractivity contribution < 1.29 is 9.63 Å². The molecular formula is C9H8Cl2N2O2. The van der Waals surface area contributed by atoms with Crippen LogP contribution in [0.25, 0.3) is 0 Å². The second-order valence-corrected chi connectivity index (χ2v) is 3.87. The minimum absolute atomic E-state index is 0.199. The SMILES string of the molecule is O=C(c1cc(Cl)nc(Cl)c1)N1CCCO1. The van der Waals surface area contributed by atoms with Crippen LogP contribution in [0.15, 0.2) is 12.1 Å². The summed E-state index contributed by atoms with van der Waals surface area (Å²) in [5.41, 5.74) is 0.391. The van der Waals surface area contributed by atoms with Crippen LogP contribution >= 0.6 is 23.2 Å². The van der Waals surface area contributed by atoms with Crippen molar-refractivity contribution in [3.05, 3.63) is 28.0 Å². The average molecular weight is 247 g/mol. The Morgan fingerprint density at radius 2 is 2.07 bits per heavy atom. The highest BCUT2D eigenvalue weighted by Crippen LogP contribution is 2.17. The van der Waals surface area contributed by atoms with Crippen LogP contribution in [0.3, 0.4) is 0 Å². The smallest absolute Gasteiger partial charge is 0.271 e. The van der Waals surface area contributed by atoms with Gasteiger partial charge in [0.25, 0.3) is 5.91 Å². The van der Waals surface area contributed by atoms with Crippen LogP contribution in [0.1, 0.15) is 16.8 Å². The summed E-state index contributed by atoms with van der Waals surface area (Å²) in [7, 11) is 0. The van der Waals surface area contributed by atoms with Gasteiger partial charge in [-0.3, -0.25) is 9.63 Å². The van der Waals surface area contributed by atoms with E-state index in [1.807, 2.05) is 0 Å². The van der Waals surface area contributed by atoms with E-state index in [1.165, 1.54) is 17.2 Å². The first-order valence-corrected chi connectivity index (χ1v) is 5.20. The molecule has 1 amide bonds. The fourth-order valence-corrected chi connectivity index (χ4v) is 1.80. The molecule has 0 aliphatic carbocycles. The van der Waals surface area contributed by atoms with Gasteiger partial charge in [-0.15, -0.1) is 0 Å². The minimum atomic E-state index is -0.237. The van der Waals surface area contributed by atoms with Crippen LogP contribution in [-0.2, 0) is 4.84 Å². The molecule has 0 bridgehead atoms. The van der Waals surface area contributed by atoms with E-state index < -0.39 is 0 Å². The monoisotopic (exact) mass is 246 g/mol. The van der Waals surface area contributed by atoms with E-state index in [0.29, 0.717) is 18.7 Å². The van der Waals surface area contributed by atoms with E-state index >= 15 is 0 Å². The van der Waals surface area contributed by atoms with E-state index in [2.05, 4.69) is 4.98 Å². The summed E-state index contributed by atoms with van der Waals surface area (Å²) in [5.74, 6) is -0.237. The van der Waals surface area contributed by atoms with Crippen molar-refractivity contribution in [1.29, 1.82) is 0 Å². The second-order valence-electron chi connectivity index (χ2n) is 3.10. The predicted molar refractivity (Wildman–Crippen MR) is 55.9 cm³/mol. The quantitative estimate of drug-likeness (QED) is 0.714. The molecule has 6 heteroatoms. The summed E-state index contributed by atoms with van der Waals surface area (Å²) in [6, 6.07) is 2.94. The van der Waals surface area contributed by atoms with Crippen molar-refractivity contribution in [2.45, 2.75) is 6.42 Å². The molecule has 1 aromatic heterocycles. The lowest BCUT2D eigenvalue weighted by Crippen LogP contribution is -2.26. The third kappa shape index (κ3) is 2.40. The van der Waals surface area contributed by atoms with Gasteiger partial charge < -0.3 is 0 Å². The Hall–Kier alpha value is -0.840. The van der Waals surface area contributed by atoms with E-state index in [1.54, 1.807) is 0 Å². The number of hydrogen-bond donors (Lipinski definition) is 0. The highest BCUT2D eigenvalue weighted by Gasteiger charge is 2.21. The molecule has 1 aromatic rings. The lowest BCUT2D eigenvalue weighted by molar-refractivity contribution is -0.0768. The van der Waals surface area contributed by atoms with E-state index in [9.17, 15) is 4.79 Å². The summed E-state index contributed by atoms with van der Waals surface area (Å²) < 4.78 is 0. The number of carbonyl (C=O) groups is 1. The fraction of sp³-hybridized carbons (Fsp3) is 0.333. The number of carbonyl (C=O) groups excluding carboxylic acids is 1. The van der Waals surface area contributed by atoms with Gasteiger partial charge in [0.1, 0.15) is 10.3 Å². The standard InChI is InChI=1S/C9H8Cl2N2O2/c10-7-4-6(5-8(11)12-7)9(14)13-2-1-3-15-13/h4-5H,1-3H2. The van der Waals surface area contributed by atoms with Gasteiger partial charge in [-0.05, 0) is 18.6 Å². The molecule has 0 saturated carbocycles. The van der Waals surface area contributed by atoms with Gasteiger partial charge in [0.15, 0.2) is 0 Å². The van der Waals surface area contributed by atoms with Crippen molar-refractivity contribution in [2.75, 3.05) is 13.2 Å². The maximum Gasteiger partial charge on any atom is 0.277 e. The normalized spacial score (nSPS) is 15.7. The number of aromatic nitrogens is 1. The zero-order chi connectivity index (χ0) is 10.8. The first kappa shape index (κ1) is 10.7. The molecule has 0 radical (unpaired) electrons. The summed E-state index contributed by atoms with van der Waals surface area (Å²) in [6.07, 6.45) is 0.846. The molecule has 0 N–H and O–H groups in total. The Morgan fingerprint density at radius 1 is 1.40 bits per heavy atom. The molecule has 15 heavy (non-hydrogen) atoms. The molecule has 1 aliphatic heterocycles. The van der Waals surface area contributed by atoms with E-state index in [-0.39, 0.29) is 16.2 Å². The Labute approximate surface area is 96.7 Å². The van der Waals surface area contributed by atoms with Crippen molar-refractivity contribution in [2.24, 2.45) is 0 Å². The van der Waals surface area contributed by atoms with Gasteiger partial charge in [-0.2, -0.15) is 0 Å². The number of rotatable bonds is 1. The second kappa shape index (κ2) is 4.35. The number of halogens is 2. The Kier molecular flexibility index (Phi) is 3.09. The molecular weight excluding hydrogens is 239 g/mol. The van der Waals surface area contributed by atoms with Crippen LogP contribution in [0, 0.1) is 0 Å². The molecule has 1 fully saturated rings. The summed E-state index contributed by atoms with van der Waals surface area (Å²) >= 11 is 11.4. The van der Waals surface area contributed by atoms with Crippen molar-refractivity contribution in [3.63, 3.8) is 0 Å². The Balaban J connectivity index is 2.24. The Bertz CT molecular complexity index is 371. The van der Waals surface area contributed by atoms with Crippen LogP contribution < -0.4 is 0 Å². The first-order chi connectivity index (χ1) is 7.16. The first-order valence-electron chi connectivity index (χ1n) is 4.45. The van der Waals surface area contributed by atoms with Gasteiger partial charge >= 0.3 is 0 Å². The molecule has 0 unspecified atom stereocenters. The topological polar surface area (TPSA) is 42.4 Å². The average Bonchev–Trinajstić information content (AvgIpc) is 2.67. The summed E-state index contributed by atoms with van der Waals surface area (Å²) in [4.78, 5) is 20.7. The van der Waals surface area contributed by atoms with Gasteiger partial charge in [-0.25, -0.2) is 10.0 Å². The molecule has 2 heterocycles. The van der Waals surface area contributed by atoms with Gasteiger partial charge in [-0.1, -0.05) is 23.2 Å². The lowest BCUT2D eigenvalue weighted by Gasteiger charge is -2.13. The maximum atomic E-state index is 11.8. The zero-order valence-electron chi connectivity index (χ0n) is 7.74. The molecule has 0 aromatic carbocycles. The fourth-order valence-electron chi connectivity index (χ4n) is 1.34. The van der Waals surface area contributed by atoms with Crippen LogP contribution in [0.2, 0.25) is 10.3 Å². The largest absolute Gasteiger partial charge is 0.277 e. The van der Waals surface area contributed by atoms with Gasteiger partial charge in [0.2, 0.25) is 0 Å². The lowest BCUT2D eigenvalue weighted by atomic mass is 10.2. The molecule has 0 atom stereocenters. The third-order valence-corrected chi connectivity index (χ3v) is 2.38. The van der Waals surface area contributed by atoms with Crippen LogP contribution in [0.5, 0.6) is 0 Å². The molecule has 2 rings (SSSR count). The van der Waals surface area contributed by atoms with E-state index in [4.69, 9.17) is 28.0 Å². The van der Waals surface area contributed by atoms with Crippen LogP contribution in [0.4, 0.5) is 0 Å². The zero-order valence-corrected chi connectivity index (χ0v) is 9.25. The molecule has 1 aliphatic rings. The predicted octanol–water partition coefficient (Wildman–Crippen LogP) is 2.17. The minimum Gasteiger partial charge on any atom is -0.271 e. The van der Waals surface area contributed by atoms with E-state index in [0.717, 1.165) is 6.42 Å². The Morgan fingerprint density at radius 3 is 2.60 bits per heavy atom. The number of amides is 1. The van der Waals surface area contributed by atoms with Crippen molar-refractivity contribution >= 4 is 29.1 Å². The third-order valence-electron chi connectivity index (χ3n) is 1.99. The number of hydrogen-bond acceptors (Lipinski definition) is 3. The maximum absolute atomic E-state index is 11.8. The van der Waals surface area contributed by atoms with Gasteiger partial charge in [0.05, 0.1) is 13.2 Å². The van der Waals surface area contributed by atoms with Crippen molar-refractivity contribution in [3.8, 4) is 0 Å². The van der Waals surface area contributed by atoms with Crippen molar-refractivity contribution in [1.82, 2.24) is 10.0 Å². The molecule has 4 nitrogen and oxygen atoms in total. The highest BCUT2D eigenvalue weighted by molar-refractivity contribution is 6.33. The molecule has 0 spiro atoms. The molecule has 1 saturated heterocycles. The number of nitrogens with zero attached hydrogens (tertiary/aromatic N) is 2. The highest BCUT2D eigenvalue weighted by atomic mass is 35.5. The van der Waals surface area contributed by atoms with Gasteiger partial charge in [0, 0.05) is 5.56 Å². The van der Waals surface area contributed by atoms with Crippen LogP contribution in [-0.4, -0.2) is 29.1 Å².